The number of phenolic OH excluding ortho intramolecular Hbond substituents is 1. The molecule has 0 aliphatic carbocycles. The average Bonchev–Trinajstić information content (AvgIpc) is 2.15. The largest absolute Gasteiger partial charge is 0.507 e. The van der Waals surface area contributed by atoms with Gasteiger partial charge in [0.25, 0.3) is 5.78 Å². The molecule has 1 aromatic carbocycles. The zero-order valence-corrected chi connectivity index (χ0v) is 8.98. The van der Waals surface area contributed by atoms with Crippen LogP contribution in [0.2, 0.25) is 0 Å². The predicted molar refractivity (Wildman–Crippen MR) is 53.2 cm³/mol. The molecule has 0 spiro atoms. The highest BCUT2D eigenvalue weighted by Gasteiger charge is 2.20. The van der Waals surface area contributed by atoms with E-state index < -0.39 is 32.9 Å². The number of hydrogen-bond acceptors (Lipinski definition) is 5. The molecular formula is C9H8O6S. The van der Waals surface area contributed by atoms with Crippen LogP contribution in [0.15, 0.2) is 23.1 Å². The van der Waals surface area contributed by atoms with E-state index in [1.165, 1.54) is 0 Å². The molecule has 0 saturated carbocycles. The van der Waals surface area contributed by atoms with Gasteiger partial charge >= 0.3 is 5.97 Å². The van der Waals surface area contributed by atoms with Gasteiger partial charge in [0.2, 0.25) is 0 Å². The summed E-state index contributed by atoms with van der Waals surface area (Å²) in [6.45, 7) is 0. The van der Waals surface area contributed by atoms with Gasteiger partial charge in [0.1, 0.15) is 5.75 Å². The van der Waals surface area contributed by atoms with Gasteiger partial charge in [0, 0.05) is 6.26 Å². The van der Waals surface area contributed by atoms with Crippen LogP contribution in [0.4, 0.5) is 0 Å². The van der Waals surface area contributed by atoms with Crippen LogP contribution in [0.3, 0.4) is 0 Å². The third kappa shape index (κ3) is 2.37. The van der Waals surface area contributed by atoms with E-state index in [-0.39, 0.29) is 4.90 Å². The number of carbonyl (C=O) groups excluding carboxylic acids is 1. The summed E-state index contributed by atoms with van der Waals surface area (Å²) in [5.74, 6) is -3.68. The lowest BCUT2D eigenvalue weighted by Crippen LogP contribution is -2.13. The molecule has 16 heavy (non-hydrogen) atoms. The number of aliphatic carboxylic acids is 1. The molecular weight excluding hydrogens is 236 g/mol. The lowest BCUT2D eigenvalue weighted by Gasteiger charge is -2.03. The van der Waals surface area contributed by atoms with Gasteiger partial charge < -0.3 is 10.2 Å². The summed E-state index contributed by atoms with van der Waals surface area (Å²) in [6, 6.07) is 2.86. The molecule has 0 saturated heterocycles. The molecule has 0 bridgehead atoms. The summed E-state index contributed by atoms with van der Waals surface area (Å²) in [4.78, 5) is 21.2. The topological polar surface area (TPSA) is 109 Å². The van der Waals surface area contributed by atoms with Crippen molar-refractivity contribution in [3.05, 3.63) is 23.8 Å². The normalized spacial score (nSPS) is 11.1. The highest BCUT2D eigenvalue weighted by molar-refractivity contribution is 7.90. The lowest BCUT2D eigenvalue weighted by atomic mass is 10.1. The van der Waals surface area contributed by atoms with Crippen LogP contribution in [-0.4, -0.2) is 36.6 Å². The van der Waals surface area contributed by atoms with Crippen LogP contribution in [0.25, 0.3) is 0 Å². The number of carbonyl (C=O) groups is 2. The molecule has 6 nitrogen and oxygen atoms in total. The van der Waals surface area contributed by atoms with Gasteiger partial charge in [-0.2, -0.15) is 0 Å². The summed E-state index contributed by atoms with van der Waals surface area (Å²) < 4.78 is 22.2. The summed E-state index contributed by atoms with van der Waals surface area (Å²) in [5.41, 5.74) is -0.445. The van der Waals surface area contributed by atoms with E-state index in [9.17, 15) is 23.1 Å². The van der Waals surface area contributed by atoms with Crippen molar-refractivity contribution in [2.75, 3.05) is 6.26 Å². The third-order valence-corrected chi connectivity index (χ3v) is 2.95. The average molecular weight is 244 g/mol. The Morgan fingerprint density at radius 1 is 1.25 bits per heavy atom. The van der Waals surface area contributed by atoms with Gasteiger partial charge in [0.05, 0.1) is 10.5 Å². The monoisotopic (exact) mass is 244 g/mol. The Morgan fingerprint density at radius 3 is 2.19 bits per heavy atom. The van der Waals surface area contributed by atoms with Gasteiger partial charge in [-0.1, -0.05) is 0 Å². The Kier molecular flexibility index (Phi) is 2.99. The van der Waals surface area contributed by atoms with Gasteiger partial charge in [-0.25, -0.2) is 13.2 Å². The highest BCUT2D eigenvalue weighted by Crippen LogP contribution is 2.22. The van der Waals surface area contributed by atoms with Crippen LogP contribution < -0.4 is 0 Å². The van der Waals surface area contributed by atoms with Gasteiger partial charge in [-0.05, 0) is 18.2 Å². The molecule has 0 fully saturated rings. The van der Waals surface area contributed by atoms with Gasteiger partial charge in [0.15, 0.2) is 9.84 Å². The summed E-state index contributed by atoms with van der Waals surface area (Å²) in [5, 5.41) is 17.7. The zero-order valence-electron chi connectivity index (χ0n) is 8.17. The van der Waals surface area contributed by atoms with Crippen LogP contribution in [0, 0.1) is 0 Å². The van der Waals surface area contributed by atoms with E-state index >= 15 is 0 Å². The minimum atomic E-state index is -3.51. The summed E-state index contributed by atoms with van der Waals surface area (Å²) in [6.07, 6.45) is 0.931. The van der Waals surface area contributed by atoms with E-state index in [1.807, 2.05) is 0 Å². The second kappa shape index (κ2) is 3.93. The number of ketones is 1. The smallest absolute Gasteiger partial charge is 0.377 e. The SMILES string of the molecule is CS(=O)(=O)c1ccc(C(=O)C(=O)O)c(O)c1. The molecule has 0 radical (unpaired) electrons. The van der Waals surface area contributed by atoms with Crippen molar-refractivity contribution in [3.8, 4) is 5.75 Å². The number of Topliss-reactive ketones (excluding diaryl/α,β-unsaturated/α-hetero) is 1. The fourth-order valence-corrected chi connectivity index (χ4v) is 1.69. The molecule has 1 aromatic rings. The van der Waals surface area contributed by atoms with Gasteiger partial charge in [-0.15, -0.1) is 0 Å². The van der Waals surface area contributed by atoms with Crippen molar-refractivity contribution in [3.63, 3.8) is 0 Å². The van der Waals surface area contributed by atoms with Crippen molar-refractivity contribution >= 4 is 21.6 Å². The minimum absolute atomic E-state index is 0.188. The molecule has 0 atom stereocenters. The fraction of sp³-hybridized carbons (Fsp3) is 0.111. The Morgan fingerprint density at radius 2 is 1.81 bits per heavy atom. The summed E-state index contributed by atoms with van der Waals surface area (Å²) in [7, 11) is -3.51. The van der Waals surface area contributed by atoms with Crippen molar-refractivity contribution < 1.29 is 28.2 Å². The van der Waals surface area contributed by atoms with E-state index in [2.05, 4.69) is 0 Å². The molecule has 7 heteroatoms. The maximum absolute atomic E-state index is 11.1. The van der Waals surface area contributed by atoms with Crippen LogP contribution >= 0.6 is 0 Å². The Labute approximate surface area is 91.1 Å². The molecule has 0 heterocycles. The second-order valence-corrected chi connectivity index (χ2v) is 5.10. The summed E-state index contributed by atoms with van der Waals surface area (Å²) >= 11 is 0. The van der Waals surface area contributed by atoms with Crippen LogP contribution in [0.5, 0.6) is 5.75 Å². The fourth-order valence-electron chi connectivity index (χ4n) is 1.05. The molecule has 0 unspecified atom stereocenters. The quantitative estimate of drug-likeness (QED) is 0.575. The number of aromatic hydroxyl groups is 1. The van der Waals surface area contributed by atoms with E-state index in [0.29, 0.717) is 0 Å². The van der Waals surface area contributed by atoms with E-state index in [1.54, 1.807) is 0 Å². The number of sulfone groups is 1. The van der Waals surface area contributed by atoms with Crippen LogP contribution in [0.1, 0.15) is 10.4 Å². The van der Waals surface area contributed by atoms with Crippen molar-refractivity contribution in [2.45, 2.75) is 4.90 Å². The van der Waals surface area contributed by atoms with Gasteiger partial charge in [-0.3, -0.25) is 4.79 Å². The number of carboxylic acids is 1. The first-order valence-corrected chi connectivity index (χ1v) is 5.93. The lowest BCUT2D eigenvalue weighted by molar-refractivity contribution is -0.131. The van der Waals surface area contributed by atoms with E-state index in [4.69, 9.17) is 5.11 Å². The minimum Gasteiger partial charge on any atom is -0.507 e. The molecule has 1 rings (SSSR count). The predicted octanol–water partition coefficient (Wildman–Crippen LogP) is 0.0630. The molecule has 0 aromatic heterocycles. The zero-order chi connectivity index (χ0) is 12.5. The maximum atomic E-state index is 11.1. The number of phenols is 1. The molecule has 2 N–H and O–H groups in total. The number of benzene rings is 1. The third-order valence-electron chi connectivity index (χ3n) is 1.84. The first kappa shape index (κ1) is 12.2. The Balaban J connectivity index is 3.31. The Hall–Kier alpha value is -1.89. The Bertz CT molecular complexity index is 557. The van der Waals surface area contributed by atoms with E-state index in [0.717, 1.165) is 24.5 Å². The maximum Gasteiger partial charge on any atom is 0.377 e. The standard InChI is InChI=1S/C9H8O6S/c1-16(14,15)5-2-3-6(7(10)4-5)8(11)9(12)13/h2-4,10H,1H3,(H,12,13). The number of carboxylic acid groups (broad SMARTS) is 1. The first-order valence-electron chi connectivity index (χ1n) is 4.04. The van der Waals surface area contributed by atoms with Crippen molar-refractivity contribution in [1.82, 2.24) is 0 Å². The molecule has 0 amide bonds. The first-order chi connectivity index (χ1) is 7.23. The molecule has 86 valence electrons. The number of rotatable bonds is 3. The van der Waals surface area contributed by atoms with Crippen LogP contribution in [-0.2, 0) is 14.6 Å². The molecule has 0 aliphatic rings. The van der Waals surface area contributed by atoms with Crippen molar-refractivity contribution in [2.24, 2.45) is 0 Å². The molecule has 0 aliphatic heterocycles. The number of hydrogen-bond donors (Lipinski definition) is 2. The second-order valence-electron chi connectivity index (χ2n) is 3.09. The van der Waals surface area contributed by atoms with Crippen molar-refractivity contribution in [1.29, 1.82) is 0 Å². The highest BCUT2D eigenvalue weighted by atomic mass is 32.2.